The highest BCUT2D eigenvalue weighted by Crippen LogP contribution is 2.29. The topological polar surface area (TPSA) is 66.5 Å². The van der Waals surface area contributed by atoms with E-state index in [0.29, 0.717) is 5.56 Å². The second kappa shape index (κ2) is 5.48. The van der Waals surface area contributed by atoms with Crippen LogP contribution in [0.5, 0.6) is 0 Å². The molecule has 0 fully saturated rings. The zero-order valence-electron chi connectivity index (χ0n) is 12.2. The van der Waals surface area contributed by atoms with Crippen LogP contribution in [0.3, 0.4) is 0 Å². The largest absolute Gasteiger partial charge is 0.351 e. The van der Waals surface area contributed by atoms with Gasteiger partial charge in [0.15, 0.2) is 0 Å². The molecule has 112 valence electrons. The van der Waals surface area contributed by atoms with Gasteiger partial charge in [0, 0.05) is 18.5 Å². The molecule has 0 spiro atoms. The van der Waals surface area contributed by atoms with Gasteiger partial charge in [0.05, 0.1) is 16.1 Å². The van der Waals surface area contributed by atoms with Crippen molar-refractivity contribution in [2.45, 2.75) is 32.7 Å². The molecule has 5 nitrogen and oxygen atoms in total. The van der Waals surface area contributed by atoms with Crippen molar-refractivity contribution in [2.24, 2.45) is 0 Å². The summed E-state index contributed by atoms with van der Waals surface area (Å²) < 4.78 is 0. The summed E-state index contributed by atoms with van der Waals surface area (Å²) in [5.74, 6) is -1.05. The third-order valence-corrected chi connectivity index (χ3v) is 3.34. The van der Waals surface area contributed by atoms with E-state index in [2.05, 4.69) is 5.32 Å². The summed E-state index contributed by atoms with van der Waals surface area (Å²) in [6.45, 7) is 5.65. The van der Waals surface area contributed by atoms with Crippen molar-refractivity contribution in [2.75, 3.05) is 6.54 Å². The number of benzene rings is 1. The fourth-order valence-corrected chi connectivity index (χ4v) is 2.44. The number of rotatable bonds is 3. The molecule has 0 saturated heterocycles. The number of carbonyl (C=O) groups is 3. The summed E-state index contributed by atoms with van der Waals surface area (Å²) in [4.78, 5) is 37.2. The predicted molar refractivity (Wildman–Crippen MR) is 79.3 cm³/mol. The normalized spacial score (nSPS) is 14.4. The summed E-state index contributed by atoms with van der Waals surface area (Å²) in [5, 5.41) is 3.05. The molecular formula is C15H17ClN2O3. The zero-order valence-corrected chi connectivity index (χ0v) is 13.0. The molecule has 6 heteroatoms. The molecular weight excluding hydrogens is 292 g/mol. The highest BCUT2D eigenvalue weighted by Gasteiger charge is 2.37. The molecule has 2 rings (SSSR count). The number of nitrogens with zero attached hydrogens (tertiary/aromatic N) is 1. The van der Waals surface area contributed by atoms with Crippen molar-refractivity contribution in [1.29, 1.82) is 0 Å². The summed E-state index contributed by atoms with van der Waals surface area (Å²) in [6.07, 6.45) is 0.0698. The highest BCUT2D eigenvalue weighted by atomic mass is 35.5. The summed E-state index contributed by atoms with van der Waals surface area (Å²) in [5.41, 5.74) is 0.173. The SMILES string of the molecule is CC(C)(C)NC(=O)CCN1C(=O)c2cccc(Cl)c2C1=O. The number of halogens is 1. The van der Waals surface area contributed by atoms with Crippen LogP contribution in [0.4, 0.5) is 0 Å². The molecule has 1 aromatic rings. The van der Waals surface area contributed by atoms with Crippen LogP contribution in [0.2, 0.25) is 5.02 Å². The molecule has 21 heavy (non-hydrogen) atoms. The lowest BCUT2D eigenvalue weighted by molar-refractivity contribution is -0.122. The van der Waals surface area contributed by atoms with Gasteiger partial charge in [-0.1, -0.05) is 17.7 Å². The van der Waals surface area contributed by atoms with Gasteiger partial charge in [-0.05, 0) is 32.9 Å². The number of amides is 3. The van der Waals surface area contributed by atoms with Crippen molar-refractivity contribution >= 4 is 29.3 Å². The van der Waals surface area contributed by atoms with Gasteiger partial charge in [0.1, 0.15) is 0 Å². The lowest BCUT2D eigenvalue weighted by atomic mass is 10.1. The molecule has 1 heterocycles. The molecule has 3 amide bonds. The van der Waals surface area contributed by atoms with Gasteiger partial charge in [0.25, 0.3) is 11.8 Å². The molecule has 1 N–H and O–H groups in total. The molecule has 1 aliphatic heterocycles. The molecule has 0 saturated carbocycles. The first-order valence-corrected chi connectivity index (χ1v) is 7.04. The monoisotopic (exact) mass is 308 g/mol. The molecule has 0 atom stereocenters. The minimum absolute atomic E-state index is 0.0462. The average Bonchev–Trinajstić information content (AvgIpc) is 2.59. The summed E-state index contributed by atoms with van der Waals surface area (Å²) in [7, 11) is 0. The second-order valence-corrected chi connectivity index (χ2v) is 6.38. The predicted octanol–water partition coefficient (Wildman–Crippen LogP) is 2.24. The Labute approximate surface area is 128 Å². The minimum Gasteiger partial charge on any atom is -0.351 e. The molecule has 0 radical (unpaired) electrons. The Hall–Kier alpha value is -1.88. The highest BCUT2D eigenvalue weighted by molar-refractivity contribution is 6.37. The van der Waals surface area contributed by atoms with Gasteiger partial charge in [-0.3, -0.25) is 19.3 Å². The first-order chi connectivity index (χ1) is 9.70. The van der Waals surface area contributed by atoms with E-state index in [0.717, 1.165) is 4.90 Å². The molecule has 0 aromatic heterocycles. The van der Waals surface area contributed by atoms with Crippen LogP contribution in [-0.2, 0) is 4.79 Å². The Balaban J connectivity index is 2.08. The standard InChI is InChI=1S/C15H17ClN2O3/c1-15(2,3)17-11(19)7-8-18-13(20)9-5-4-6-10(16)12(9)14(18)21/h4-6H,7-8H2,1-3H3,(H,17,19). The lowest BCUT2D eigenvalue weighted by Crippen LogP contribution is -2.42. The maximum atomic E-state index is 12.2. The number of fused-ring (bicyclic) bond motifs is 1. The van der Waals surface area contributed by atoms with Crippen molar-refractivity contribution in [3.05, 3.63) is 34.3 Å². The van der Waals surface area contributed by atoms with E-state index in [1.807, 2.05) is 20.8 Å². The van der Waals surface area contributed by atoms with Crippen LogP contribution in [-0.4, -0.2) is 34.7 Å². The Morgan fingerprint density at radius 2 is 1.90 bits per heavy atom. The van der Waals surface area contributed by atoms with E-state index in [1.165, 1.54) is 0 Å². The van der Waals surface area contributed by atoms with Crippen LogP contribution in [0.1, 0.15) is 47.9 Å². The van der Waals surface area contributed by atoms with Gasteiger partial charge in [-0.25, -0.2) is 0 Å². The van der Waals surface area contributed by atoms with E-state index in [4.69, 9.17) is 11.6 Å². The molecule has 0 aliphatic carbocycles. The van der Waals surface area contributed by atoms with E-state index < -0.39 is 11.8 Å². The van der Waals surface area contributed by atoms with Crippen molar-refractivity contribution in [1.82, 2.24) is 10.2 Å². The molecule has 0 bridgehead atoms. The average molecular weight is 309 g/mol. The fraction of sp³-hybridized carbons (Fsp3) is 0.400. The number of imide groups is 1. The van der Waals surface area contributed by atoms with Gasteiger partial charge >= 0.3 is 0 Å². The molecule has 1 aromatic carbocycles. The third-order valence-electron chi connectivity index (χ3n) is 3.03. The maximum Gasteiger partial charge on any atom is 0.263 e. The van der Waals surface area contributed by atoms with Gasteiger partial charge in [-0.15, -0.1) is 0 Å². The Bertz CT molecular complexity index is 620. The third kappa shape index (κ3) is 3.24. The van der Waals surface area contributed by atoms with Crippen LogP contribution >= 0.6 is 11.6 Å². The van der Waals surface area contributed by atoms with Gasteiger partial charge in [-0.2, -0.15) is 0 Å². The zero-order chi connectivity index (χ0) is 15.8. The number of carbonyl (C=O) groups excluding carboxylic acids is 3. The van der Waals surface area contributed by atoms with Crippen LogP contribution in [0, 0.1) is 0 Å². The van der Waals surface area contributed by atoms with Crippen LogP contribution in [0.25, 0.3) is 0 Å². The Morgan fingerprint density at radius 1 is 1.24 bits per heavy atom. The van der Waals surface area contributed by atoms with Crippen LogP contribution < -0.4 is 5.32 Å². The van der Waals surface area contributed by atoms with Gasteiger partial charge in [0.2, 0.25) is 5.91 Å². The summed E-state index contributed by atoms with van der Waals surface area (Å²) in [6, 6.07) is 4.76. The fourth-order valence-electron chi connectivity index (χ4n) is 2.19. The molecule has 0 unspecified atom stereocenters. The van der Waals surface area contributed by atoms with Crippen molar-refractivity contribution in [3.8, 4) is 0 Å². The van der Waals surface area contributed by atoms with E-state index >= 15 is 0 Å². The Kier molecular flexibility index (Phi) is 4.05. The molecule has 1 aliphatic rings. The summed E-state index contributed by atoms with van der Waals surface area (Å²) >= 11 is 5.97. The Morgan fingerprint density at radius 3 is 2.48 bits per heavy atom. The van der Waals surface area contributed by atoms with Crippen LogP contribution in [0.15, 0.2) is 18.2 Å². The maximum absolute atomic E-state index is 12.2. The smallest absolute Gasteiger partial charge is 0.263 e. The second-order valence-electron chi connectivity index (χ2n) is 5.97. The van der Waals surface area contributed by atoms with E-state index in [-0.39, 0.29) is 35.0 Å². The number of hydrogen-bond acceptors (Lipinski definition) is 3. The minimum atomic E-state index is -0.441. The number of nitrogens with one attached hydrogen (secondary N) is 1. The van der Waals surface area contributed by atoms with E-state index in [1.54, 1.807) is 18.2 Å². The van der Waals surface area contributed by atoms with Crippen molar-refractivity contribution in [3.63, 3.8) is 0 Å². The van der Waals surface area contributed by atoms with Gasteiger partial charge < -0.3 is 5.32 Å². The van der Waals surface area contributed by atoms with Crippen molar-refractivity contribution < 1.29 is 14.4 Å². The number of hydrogen-bond donors (Lipinski definition) is 1. The first kappa shape index (κ1) is 15.5. The van der Waals surface area contributed by atoms with E-state index in [9.17, 15) is 14.4 Å². The first-order valence-electron chi connectivity index (χ1n) is 6.66. The lowest BCUT2D eigenvalue weighted by Gasteiger charge is -2.21. The quantitative estimate of drug-likeness (QED) is 0.871.